The van der Waals surface area contributed by atoms with Crippen molar-refractivity contribution >= 4 is 17.5 Å². The van der Waals surface area contributed by atoms with Gasteiger partial charge in [-0.1, -0.05) is 72.8 Å². The number of carbonyl (C=O) groups excluding carboxylic acids is 2. The Hall–Kier alpha value is -3.64. The van der Waals surface area contributed by atoms with Crippen molar-refractivity contribution in [3.63, 3.8) is 0 Å². The Bertz CT molecular complexity index is 1040. The van der Waals surface area contributed by atoms with Crippen molar-refractivity contribution in [3.05, 3.63) is 102 Å². The van der Waals surface area contributed by atoms with Crippen LogP contribution in [0.1, 0.15) is 47.3 Å². The van der Waals surface area contributed by atoms with Gasteiger partial charge in [0.15, 0.2) is 0 Å². The molecule has 6 heteroatoms. The molecule has 1 heterocycles. The van der Waals surface area contributed by atoms with Crippen LogP contribution >= 0.6 is 0 Å². The van der Waals surface area contributed by atoms with Gasteiger partial charge in [-0.3, -0.25) is 9.59 Å². The SMILES string of the molecule is CC(Nc1ccccc1C(=O)NCC1CCCO1)C(=O)NC(c1ccccc1)c1ccccc1. The van der Waals surface area contributed by atoms with Crippen molar-refractivity contribution in [2.75, 3.05) is 18.5 Å². The van der Waals surface area contributed by atoms with Crippen LogP contribution in [-0.2, 0) is 9.53 Å². The molecule has 1 aliphatic heterocycles. The minimum absolute atomic E-state index is 0.0710. The van der Waals surface area contributed by atoms with Crippen molar-refractivity contribution < 1.29 is 14.3 Å². The Morgan fingerprint density at radius 3 is 2.15 bits per heavy atom. The van der Waals surface area contributed by atoms with Gasteiger partial charge in [0, 0.05) is 18.8 Å². The highest BCUT2D eigenvalue weighted by atomic mass is 16.5. The van der Waals surface area contributed by atoms with Crippen molar-refractivity contribution in [1.29, 1.82) is 0 Å². The molecule has 6 nitrogen and oxygen atoms in total. The Morgan fingerprint density at radius 1 is 0.912 bits per heavy atom. The molecule has 34 heavy (non-hydrogen) atoms. The van der Waals surface area contributed by atoms with E-state index in [-0.39, 0.29) is 24.0 Å². The number of para-hydroxylation sites is 1. The molecule has 0 spiro atoms. The normalized spacial score (nSPS) is 16.1. The largest absolute Gasteiger partial charge is 0.376 e. The van der Waals surface area contributed by atoms with Crippen LogP contribution in [0, 0.1) is 0 Å². The van der Waals surface area contributed by atoms with Crippen LogP contribution in [0.2, 0.25) is 0 Å². The highest BCUT2D eigenvalue weighted by Gasteiger charge is 2.22. The van der Waals surface area contributed by atoms with E-state index in [4.69, 9.17) is 4.74 Å². The zero-order chi connectivity index (χ0) is 23.8. The quantitative estimate of drug-likeness (QED) is 0.448. The standard InChI is InChI=1S/C28H31N3O3/c1-20(27(32)31-26(21-11-4-2-5-12-21)22-13-6-3-7-14-22)30-25-17-9-8-16-24(25)28(33)29-19-23-15-10-18-34-23/h2-9,11-14,16-17,20,23,26,30H,10,15,18-19H2,1H3,(H,29,33)(H,31,32). The molecule has 1 aliphatic rings. The summed E-state index contributed by atoms with van der Waals surface area (Å²) in [4.78, 5) is 26.0. The second kappa shape index (κ2) is 11.5. The first kappa shape index (κ1) is 23.5. The van der Waals surface area contributed by atoms with E-state index >= 15 is 0 Å². The topological polar surface area (TPSA) is 79.5 Å². The number of nitrogens with one attached hydrogen (secondary N) is 3. The molecule has 2 amide bonds. The molecule has 4 rings (SSSR count). The Labute approximate surface area is 200 Å². The molecule has 0 aliphatic carbocycles. The van der Waals surface area contributed by atoms with E-state index in [9.17, 15) is 9.59 Å². The zero-order valence-corrected chi connectivity index (χ0v) is 19.4. The summed E-state index contributed by atoms with van der Waals surface area (Å²) >= 11 is 0. The van der Waals surface area contributed by atoms with E-state index in [0.29, 0.717) is 17.8 Å². The fourth-order valence-electron chi connectivity index (χ4n) is 4.13. The molecule has 0 radical (unpaired) electrons. The summed E-state index contributed by atoms with van der Waals surface area (Å²) in [5.74, 6) is -0.343. The summed E-state index contributed by atoms with van der Waals surface area (Å²) < 4.78 is 5.59. The summed E-state index contributed by atoms with van der Waals surface area (Å²) in [7, 11) is 0. The molecule has 0 bridgehead atoms. The highest BCUT2D eigenvalue weighted by Crippen LogP contribution is 2.23. The molecular formula is C28H31N3O3. The van der Waals surface area contributed by atoms with Crippen molar-refractivity contribution in [2.45, 2.75) is 38.0 Å². The van der Waals surface area contributed by atoms with Gasteiger partial charge >= 0.3 is 0 Å². The number of benzene rings is 3. The summed E-state index contributed by atoms with van der Waals surface area (Å²) in [6.45, 7) is 3.03. The van der Waals surface area contributed by atoms with E-state index in [0.717, 1.165) is 30.6 Å². The van der Waals surface area contributed by atoms with Gasteiger partial charge in [-0.15, -0.1) is 0 Å². The van der Waals surface area contributed by atoms with Gasteiger partial charge < -0.3 is 20.7 Å². The lowest BCUT2D eigenvalue weighted by molar-refractivity contribution is -0.122. The predicted molar refractivity (Wildman–Crippen MR) is 134 cm³/mol. The summed E-state index contributed by atoms with van der Waals surface area (Å²) in [5, 5.41) is 9.34. The van der Waals surface area contributed by atoms with E-state index < -0.39 is 6.04 Å². The van der Waals surface area contributed by atoms with E-state index in [1.54, 1.807) is 13.0 Å². The molecule has 1 saturated heterocycles. The van der Waals surface area contributed by atoms with Crippen LogP contribution in [0.4, 0.5) is 5.69 Å². The first-order valence-corrected chi connectivity index (χ1v) is 11.8. The Balaban J connectivity index is 1.44. The number of hydrogen-bond donors (Lipinski definition) is 3. The number of ether oxygens (including phenoxy) is 1. The predicted octanol–water partition coefficient (Wildman–Crippen LogP) is 4.30. The third-order valence-corrected chi connectivity index (χ3v) is 6.00. The van der Waals surface area contributed by atoms with E-state index in [2.05, 4.69) is 16.0 Å². The summed E-state index contributed by atoms with van der Waals surface area (Å²) in [6, 6.07) is 26.2. The second-order valence-corrected chi connectivity index (χ2v) is 8.52. The molecule has 3 aromatic rings. The molecule has 1 fully saturated rings. The molecule has 3 aromatic carbocycles. The molecule has 0 saturated carbocycles. The van der Waals surface area contributed by atoms with Crippen LogP contribution in [0.25, 0.3) is 0 Å². The van der Waals surface area contributed by atoms with Crippen LogP contribution in [0.15, 0.2) is 84.9 Å². The first-order chi connectivity index (χ1) is 16.6. The lowest BCUT2D eigenvalue weighted by Gasteiger charge is -2.23. The number of rotatable bonds is 9. The smallest absolute Gasteiger partial charge is 0.253 e. The molecule has 3 N–H and O–H groups in total. The maximum atomic E-state index is 13.2. The molecule has 0 aromatic heterocycles. The average molecular weight is 458 g/mol. The lowest BCUT2D eigenvalue weighted by atomic mass is 9.98. The summed E-state index contributed by atoms with van der Waals surface area (Å²) in [6.07, 6.45) is 2.06. The van der Waals surface area contributed by atoms with Crippen LogP contribution in [0.5, 0.6) is 0 Å². The Morgan fingerprint density at radius 2 is 1.53 bits per heavy atom. The fourth-order valence-corrected chi connectivity index (χ4v) is 4.13. The van der Waals surface area contributed by atoms with E-state index in [1.165, 1.54) is 0 Å². The van der Waals surface area contributed by atoms with Gasteiger partial charge in [0.05, 0.1) is 17.7 Å². The van der Waals surface area contributed by atoms with Crippen molar-refractivity contribution in [1.82, 2.24) is 10.6 Å². The monoisotopic (exact) mass is 457 g/mol. The van der Waals surface area contributed by atoms with Gasteiger partial charge in [0.2, 0.25) is 5.91 Å². The minimum Gasteiger partial charge on any atom is -0.376 e. The average Bonchev–Trinajstić information content (AvgIpc) is 3.41. The number of anilines is 1. The van der Waals surface area contributed by atoms with Crippen LogP contribution < -0.4 is 16.0 Å². The van der Waals surface area contributed by atoms with Gasteiger partial charge in [-0.25, -0.2) is 0 Å². The third-order valence-electron chi connectivity index (χ3n) is 6.00. The maximum Gasteiger partial charge on any atom is 0.253 e. The van der Waals surface area contributed by atoms with Crippen molar-refractivity contribution in [3.8, 4) is 0 Å². The molecule has 2 unspecified atom stereocenters. The lowest BCUT2D eigenvalue weighted by Crippen LogP contribution is -2.40. The van der Waals surface area contributed by atoms with Crippen molar-refractivity contribution in [2.24, 2.45) is 0 Å². The van der Waals surface area contributed by atoms with Crippen LogP contribution in [0.3, 0.4) is 0 Å². The van der Waals surface area contributed by atoms with Gasteiger partial charge in [0.1, 0.15) is 6.04 Å². The molecular weight excluding hydrogens is 426 g/mol. The number of amides is 2. The Kier molecular flexibility index (Phi) is 7.94. The minimum atomic E-state index is -0.554. The fraction of sp³-hybridized carbons (Fsp3) is 0.286. The second-order valence-electron chi connectivity index (χ2n) is 8.52. The van der Waals surface area contributed by atoms with E-state index in [1.807, 2.05) is 78.9 Å². The highest BCUT2D eigenvalue weighted by molar-refractivity contribution is 6.00. The van der Waals surface area contributed by atoms with Gasteiger partial charge in [-0.2, -0.15) is 0 Å². The van der Waals surface area contributed by atoms with Crippen LogP contribution in [-0.4, -0.2) is 37.1 Å². The molecule has 176 valence electrons. The number of hydrogen-bond acceptors (Lipinski definition) is 4. The van der Waals surface area contributed by atoms with Gasteiger partial charge in [-0.05, 0) is 43.0 Å². The summed E-state index contributed by atoms with van der Waals surface area (Å²) in [5.41, 5.74) is 3.13. The third kappa shape index (κ3) is 6.02. The zero-order valence-electron chi connectivity index (χ0n) is 19.4. The van der Waals surface area contributed by atoms with Gasteiger partial charge in [0.25, 0.3) is 5.91 Å². The number of carbonyl (C=O) groups is 2. The molecule has 2 atom stereocenters. The maximum absolute atomic E-state index is 13.2. The first-order valence-electron chi connectivity index (χ1n) is 11.8.